The molecule has 3 aromatic rings. The normalized spacial score (nSPS) is 16.2. The van der Waals surface area contributed by atoms with Crippen molar-refractivity contribution in [1.82, 2.24) is 10.2 Å². The van der Waals surface area contributed by atoms with Gasteiger partial charge in [0, 0.05) is 43.2 Å². The molecule has 9 nitrogen and oxygen atoms in total. The number of benzene rings is 3. The average molecular weight is 601 g/mol. The maximum atomic E-state index is 13.5. The number of hydrogen-bond acceptors (Lipinski definition) is 5. The second kappa shape index (κ2) is 14.2. The van der Waals surface area contributed by atoms with Gasteiger partial charge < -0.3 is 25.5 Å². The molecule has 0 aromatic heterocycles. The first kappa shape index (κ1) is 30.7. The number of carbonyl (C=O) groups excluding carboxylic acids is 3. The predicted molar refractivity (Wildman–Crippen MR) is 165 cm³/mol. The number of anilines is 2. The number of nitrogens with one attached hydrogen (secondary N) is 2. The van der Waals surface area contributed by atoms with Crippen LogP contribution in [0.3, 0.4) is 0 Å². The molecule has 0 bridgehead atoms. The first-order chi connectivity index (χ1) is 21.3. The lowest BCUT2D eigenvalue weighted by atomic mass is 9.88. The summed E-state index contributed by atoms with van der Waals surface area (Å²) >= 11 is 0. The minimum Gasteiger partial charge on any atom is -0.481 e. The molecular formula is C34H37FN4O5. The van der Waals surface area contributed by atoms with Crippen LogP contribution in [-0.4, -0.2) is 59.9 Å². The van der Waals surface area contributed by atoms with E-state index in [1.807, 2.05) is 23.1 Å². The van der Waals surface area contributed by atoms with Gasteiger partial charge in [-0.25, -0.2) is 4.39 Å². The Hall–Kier alpha value is -4.73. The van der Waals surface area contributed by atoms with Gasteiger partial charge in [0.25, 0.3) is 11.8 Å². The lowest BCUT2D eigenvalue weighted by Crippen LogP contribution is -2.49. The molecule has 1 aliphatic carbocycles. The summed E-state index contributed by atoms with van der Waals surface area (Å²) in [7, 11) is 0. The van der Waals surface area contributed by atoms with Crippen molar-refractivity contribution in [3.05, 3.63) is 95.3 Å². The van der Waals surface area contributed by atoms with Crippen LogP contribution in [0.1, 0.15) is 70.8 Å². The molecule has 2 fully saturated rings. The molecule has 3 amide bonds. The molecule has 2 aliphatic rings. The van der Waals surface area contributed by atoms with Crippen LogP contribution in [0.25, 0.3) is 0 Å². The molecule has 230 valence electrons. The Morgan fingerprint density at radius 1 is 0.841 bits per heavy atom. The number of carbonyl (C=O) groups is 4. The molecule has 44 heavy (non-hydrogen) atoms. The van der Waals surface area contributed by atoms with E-state index in [1.165, 1.54) is 24.3 Å². The zero-order chi connectivity index (χ0) is 31.1. The number of aliphatic carboxylic acids is 1. The van der Waals surface area contributed by atoms with Crippen molar-refractivity contribution in [1.29, 1.82) is 0 Å². The van der Waals surface area contributed by atoms with Crippen LogP contribution in [0, 0.1) is 11.7 Å². The number of carboxylic acids is 1. The Morgan fingerprint density at radius 3 is 2.18 bits per heavy atom. The number of rotatable bonds is 9. The van der Waals surface area contributed by atoms with Crippen LogP contribution in [0.5, 0.6) is 0 Å². The van der Waals surface area contributed by atoms with Gasteiger partial charge in [0.1, 0.15) is 5.82 Å². The van der Waals surface area contributed by atoms with Gasteiger partial charge in [0.15, 0.2) is 0 Å². The number of carboxylic acid groups (broad SMARTS) is 1. The lowest BCUT2D eigenvalue weighted by molar-refractivity contribution is -0.137. The largest absolute Gasteiger partial charge is 0.481 e. The van der Waals surface area contributed by atoms with Crippen molar-refractivity contribution in [3.8, 4) is 0 Å². The monoisotopic (exact) mass is 600 g/mol. The highest BCUT2D eigenvalue weighted by molar-refractivity contribution is 6.01. The number of halogens is 1. The van der Waals surface area contributed by atoms with Gasteiger partial charge in [-0.05, 0) is 60.9 Å². The summed E-state index contributed by atoms with van der Waals surface area (Å²) in [6.07, 6.45) is 4.36. The first-order valence-electron chi connectivity index (χ1n) is 15.1. The van der Waals surface area contributed by atoms with Crippen molar-refractivity contribution >= 4 is 35.1 Å². The fourth-order valence-corrected chi connectivity index (χ4v) is 5.93. The second-order valence-corrected chi connectivity index (χ2v) is 11.4. The van der Waals surface area contributed by atoms with Crippen molar-refractivity contribution in [2.24, 2.45) is 5.92 Å². The van der Waals surface area contributed by atoms with Crippen LogP contribution in [-0.2, 0) is 9.59 Å². The fraction of sp³-hybridized carbons (Fsp3) is 0.353. The first-order valence-corrected chi connectivity index (χ1v) is 15.1. The van der Waals surface area contributed by atoms with E-state index in [1.54, 1.807) is 30.3 Å². The number of nitrogens with zero attached hydrogens (tertiary/aromatic N) is 2. The van der Waals surface area contributed by atoms with Crippen LogP contribution < -0.4 is 15.5 Å². The minimum atomic E-state index is -1.11. The van der Waals surface area contributed by atoms with E-state index in [2.05, 4.69) is 15.5 Å². The molecule has 3 N–H and O–H groups in total. The van der Waals surface area contributed by atoms with Crippen molar-refractivity contribution in [2.45, 2.75) is 44.6 Å². The van der Waals surface area contributed by atoms with Gasteiger partial charge >= 0.3 is 5.97 Å². The molecule has 10 heteroatoms. The highest BCUT2D eigenvalue weighted by atomic mass is 19.1. The van der Waals surface area contributed by atoms with Gasteiger partial charge in [-0.1, -0.05) is 49.6 Å². The van der Waals surface area contributed by atoms with Crippen molar-refractivity contribution in [2.75, 3.05) is 36.4 Å². The summed E-state index contributed by atoms with van der Waals surface area (Å²) in [4.78, 5) is 55.2. The second-order valence-electron chi connectivity index (χ2n) is 11.4. The summed E-state index contributed by atoms with van der Waals surface area (Å²) in [5.74, 6) is -2.31. The Bertz CT molecular complexity index is 1480. The van der Waals surface area contributed by atoms with Gasteiger partial charge in [-0.2, -0.15) is 0 Å². The van der Waals surface area contributed by atoms with Gasteiger partial charge in [-0.15, -0.1) is 0 Å². The predicted octanol–water partition coefficient (Wildman–Crippen LogP) is 5.25. The Kier molecular flexibility index (Phi) is 9.89. The molecule has 1 aliphatic heterocycles. The van der Waals surface area contributed by atoms with E-state index in [0.717, 1.165) is 37.8 Å². The third-order valence-electron chi connectivity index (χ3n) is 8.38. The van der Waals surface area contributed by atoms with Crippen molar-refractivity contribution < 1.29 is 28.7 Å². The quantitative estimate of drug-likeness (QED) is 0.309. The summed E-state index contributed by atoms with van der Waals surface area (Å²) < 4.78 is 13.5. The molecule has 0 spiro atoms. The van der Waals surface area contributed by atoms with Gasteiger partial charge in [-0.3, -0.25) is 19.2 Å². The summed E-state index contributed by atoms with van der Waals surface area (Å²) in [5.41, 5.74) is 2.60. The topological polar surface area (TPSA) is 119 Å². The smallest absolute Gasteiger partial charge is 0.305 e. The summed E-state index contributed by atoms with van der Waals surface area (Å²) in [6.45, 7) is 2.09. The zero-order valence-electron chi connectivity index (χ0n) is 24.5. The zero-order valence-corrected chi connectivity index (χ0v) is 24.5. The van der Waals surface area contributed by atoms with Gasteiger partial charge in [0.2, 0.25) is 5.91 Å². The van der Waals surface area contributed by atoms with Crippen LogP contribution in [0.4, 0.5) is 15.8 Å². The molecule has 1 saturated heterocycles. The maximum Gasteiger partial charge on any atom is 0.305 e. The van der Waals surface area contributed by atoms with E-state index >= 15 is 0 Å². The highest BCUT2D eigenvalue weighted by Gasteiger charge is 2.27. The lowest BCUT2D eigenvalue weighted by Gasteiger charge is -2.37. The molecule has 1 saturated carbocycles. The minimum absolute atomic E-state index is 0.0276. The standard InChI is InChI=1S/C34H37FN4O5/c35-27-14-11-23(12-15-27)28(22-31(40)41)36-33(43)26-13-16-30(29(21-26)37-32(42)24-7-3-1-4-8-24)38-17-19-39(20-18-38)34(44)25-9-5-2-6-10-25/h2,5-6,9-16,21,24,28H,1,3-4,7-8,17-20,22H2,(H,36,43)(H,37,42)(H,40,41). The van der Waals surface area contributed by atoms with Gasteiger partial charge in [0.05, 0.1) is 23.8 Å². The average Bonchev–Trinajstić information content (AvgIpc) is 3.05. The Labute approximate surface area is 256 Å². The van der Waals surface area contributed by atoms with E-state index < -0.39 is 23.7 Å². The van der Waals surface area contributed by atoms with E-state index in [9.17, 15) is 28.7 Å². The van der Waals surface area contributed by atoms with E-state index in [-0.39, 0.29) is 29.7 Å². The molecule has 5 rings (SSSR count). The SMILES string of the molecule is O=C(O)CC(NC(=O)c1ccc(N2CCN(C(=O)c3ccccc3)CC2)c(NC(=O)C2CCCCC2)c1)c1ccc(F)cc1. The van der Waals surface area contributed by atoms with Crippen LogP contribution >= 0.6 is 0 Å². The molecule has 3 aromatic carbocycles. The van der Waals surface area contributed by atoms with Crippen LogP contribution in [0.2, 0.25) is 0 Å². The van der Waals surface area contributed by atoms with E-state index in [0.29, 0.717) is 43.0 Å². The number of hydrogen-bond donors (Lipinski definition) is 3. The summed E-state index contributed by atoms with van der Waals surface area (Å²) in [6, 6.07) is 18.7. The number of piperazine rings is 1. The Balaban J connectivity index is 1.36. The molecule has 1 atom stereocenters. The Morgan fingerprint density at radius 2 is 1.52 bits per heavy atom. The molecular weight excluding hydrogens is 563 g/mol. The molecule has 1 heterocycles. The van der Waals surface area contributed by atoms with Crippen LogP contribution in [0.15, 0.2) is 72.8 Å². The van der Waals surface area contributed by atoms with E-state index in [4.69, 9.17) is 0 Å². The number of amides is 3. The third-order valence-corrected chi connectivity index (χ3v) is 8.38. The van der Waals surface area contributed by atoms with Crippen molar-refractivity contribution in [3.63, 3.8) is 0 Å². The third kappa shape index (κ3) is 7.61. The maximum absolute atomic E-state index is 13.5. The molecule has 0 radical (unpaired) electrons. The highest BCUT2D eigenvalue weighted by Crippen LogP contribution is 2.32. The summed E-state index contributed by atoms with van der Waals surface area (Å²) in [5, 5.41) is 15.3. The molecule has 1 unspecified atom stereocenters. The fourth-order valence-electron chi connectivity index (χ4n) is 5.93.